The summed E-state index contributed by atoms with van der Waals surface area (Å²) in [6, 6.07) is 8.75. The van der Waals surface area contributed by atoms with E-state index in [0.29, 0.717) is 18.0 Å². The van der Waals surface area contributed by atoms with E-state index in [0.717, 1.165) is 6.42 Å². The van der Waals surface area contributed by atoms with E-state index in [1.165, 1.54) is 0 Å². The molecule has 0 spiro atoms. The number of hydrogen-bond acceptors (Lipinski definition) is 3. The van der Waals surface area contributed by atoms with E-state index in [1.54, 1.807) is 31.2 Å². The highest BCUT2D eigenvalue weighted by molar-refractivity contribution is 6.39. The molecule has 3 N–H and O–H groups in total. The SMILES string of the molecule is CC(C)CC[C@@](C)(O)CNC(=O)C(=O)Nc1ccccc1. The number of amides is 2. The average Bonchev–Trinajstić information content (AvgIpc) is 2.44. The van der Waals surface area contributed by atoms with Crippen LogP contribution < -0.4 is 10.6 Å². The molecule has 0 saturated carbocycles. The van der Waals surface area contributed by atoms with Crippen molar-refractivity contribution < 1.29 is 14.7 Å². The molecule has 0 aromatic heterocycles. The van der Waals surface area contributed by atoms with Gasteiger partial charge in [-0.25, -0.2) is 0 Å². The molecule has 5 nitrogen and oxygen atoms in total. The lowest BCUT2D eigenvalue weighted by molar-refractivity contribution is -0.136. The maximum Gasteiger partial charge on any atom is 0.313 e. The minimum Gasteiger partial charge on any atom is -0.388 e. The monoisotopic (exact) mass is 292 g/mol. The quantitative estimate of drug-likeness (QED) is 0.701. The first-order valence-corrected chi connectivity index (χ1v) is 7.17. The van der Waals surface area contributed by atoms with E-state index in [-0.39, 0.29) is 6.54 Å². The Morgan fingerprint density at radius 2 is 1.81 bits per heavy atom. The molecule has 1 aromatic carbocycles. The zero-order chi connectivity index (χ0) is 15.9. The van der Waals surface area contributed by atoms with E-state index in [9.17, 15) is 14.7 Å². The van der Waals surface area contributed by atoms with E-state index in [4.69, 9.17) is 0 Å². The van der Waals surface area contributed by atoms with E-state index < -0.39 is 17.4 Å². The third kappa shape index (κ3) is 6.90. The van der Waals surface area contributed by atoms with Gasteiger partial charge in [0.15, 0.2) is 0 Å². The van der Waals surface area contributed by atoms with Crippen molar-refractivity contribution in [2.24, 2.45) is 5.92 Å². The number of anilines is 1. The highest BCUT2D eigenvalue weighted by Crippen LogP contribution is 2.15. The first kappa shape index (κ1) is 17.2. The van der Waals surface area contributed by atoms with Crippen LogP contribution in [-0.2, 0) is 9.59 Å². The van der Waals surface area contributed by atoms with Gasteiger partial charge >= 0.3 is 11.8 Å². The molecule has 0 aliphatic heterocycles. The molecule has 1 rings (SSSR count). The normalized spacial score (nSPS) is 13.6. The molecule has 21 heavy (non-hydrogen) atoms. The average molecular weight is 292 g/mol. The second kappa shape index (κ2) is 7.78. The Balaban J connectivity index is 2.40. The molecule has 0 radical (unpaired) electrons. The maximum atomic E-state index is 11.7. The predicted octanol–water partition coefficient (Wildman–Crippen LogP) is 1.93. The topological polar surface area (TPSA) is 78.4 Å². The fraction of sp³-hybridized carbons (Fsp3) is 0.500. The molecule has 1 atom stereocenters. The zero-order valence-electron chi connectivity index (χ0n) is 12.8. The molecular weight excluding hydrogens is 268 g/mol. The van der Waals surface area contributed by atoms with Crippen molar-refractivity contribution in [2.75, 3.05) is 11.9 Å². The molecule has 0 bridgehead atoms. The summed E-state index contributed by atoms with van der Waals surface area (Å²) in [5, 5.41) is 15.1. The molecule has 1 aromatic rings. The Morgan fingerprint density at radius 3 is 2.38 bits per heavy atom. The molecule has 0 unspecified atom stereocenters. The fourth-order valence-electron chi connectivity index (χ4n) is 1.75. The van der Waals surface area contributed by atoms with Crippen LogP contribution in [0.4, 0.5) is 5.69 Å². The third-order valence-electron chi connectivity index (χ3n) is 3.13. The molecule has 0 aliphatic rings. The Bertz CT molecular complexity index is 470. The number of carbonyl (C=O) groups excluding carboxylic acids is 2. The van der Waals surface area contributed by atoms with Gasteiger partial charge in [0.25, 0.3) is 0 Å². The van der Waals surface area contributed by atoms with Gasteiger partial charge in [-0.15, -0.1) is 0 Å². The zero-order valence-corrected chi connectivity index (χ0v) is 12.8. The van der Waals surface area contributed by atoms with Crippen molar-refractivity contribution in [1.29, 1.82) is 0 Å². The van der Waals surface area contributed by atoms with Crippen LogP contribution in [0.5, 0.6) is 0 Å². The summed E-state index contributed by atoms with van der Waals surface area (Å²) >= 11 is 0. The van der Waals surface area contributed by atoms with Crippen LogP contribution in [0.2, 0.25) is 0 Å². The lowest BCUT2D eigenvalue weighted by Gasteiger charge is -2.24. The largest absolute Gasteiger partial charge is 0.388 e. The first-order chi connectivity index (χ1) is 9.80. The Hall–Kier alpha value is -1.88. The van der Waals surface area contributed by atoms with Crippen LogP contribution in [0.25, 0.3) is 0 Å². The third-order valence-corrected chi connectivity index (χ3v) is 3.13. The van der Waals surface area contributed by atoms with Gasteiger partial charge in [0.1, 0.15) is 0 Å². The van der Waals surface area contributed by atoms with Crippen LogP contribution in [0.15, 0.2) is 30.3 Å². The van der Waals surface area contributed by atoms with Crippen LogP contribution in [0.3, 0.4) is 0 Å². The van der Waals surface area contributed by atoms with Gasteiger partial charge in [0.05, 0.1) is 5.60 Å². The minimum atomic E-state index is -1.01. The van der Waals surface area contributed by atoms with Gasteiger partial charge < -0.3 is 15.7 Å². The molecule has 5 heteroatoms. The lowest BCUT2D eigenvalue weighted by atomic mass is 9.95. The number of para-hydroxylation sites is 1. The Labute approximate surface area is 125 Å². The summed E-state index contributed by atoms with van der Waals surface area (Å²) in [4.78, 5) is 23.4. The molecular formula is C16H24N2O3. The van der Waals surface area contributed by atoms with Gasteiger partial charge in [0.2, 0.25) is 0 Å². The summed E-state index contributed by atoms with van der Waals surface area (Å²) in [5.41, 5.74) is -0.448. The smallest absolute Gasteiger partial charge is 0.313 e. The van der Waals surface area contributed by atoms with Gasteiger partial charge in [-0.05, 0) is 37.8 Å². The maximum absolute atomic E-state index is 11.7. The van der Waals surface area contributed by atoms with Crippen LogP contribution in [0, 0.1) is 5.92 Å². The number of aliphatic hydroxyl groups is 1. The summed E-state index contributed by atoms with van der Waals surface area (Å²) in [6.45, 7) is 5.86. The fourth-order valence-corrected chi connectivity index (χ4v) is 1.75. The minimum absolute atomic E-state index is 0.0563. The van der Waals surface area contributed by atoms with E-state index >= 15 is 0 Å². The Kier molecular flexibility index (Phi) is 6.37. The number of rotatable bonds is 6. The lowest BCUT2D eigenvalue weighted by Crippen LogP contribution is -2.44. The molecule has 116 valence electrons. The first-order valence-electron chi connectivity index (χ1n) is 7.17. The van der Waals surface area contributed by atoms with Crippen molar-refractivity contribution in [3.05, 3.63) is 30.3 Å². The molecule has 2 amide bonds. The van der Waals surface area contributed by atoms with Crippen molar-refractivity contribution >= 4 is 17.5 Å². The van der Waals surface area contributed by atoms with Crippen molar-refractivity contribution in [1.82, 2.24) is 5.32 Å². The highest BCUT2D eigenvalue weighted by atomic mass is 16.3. The van der Waals surface area contributed by atoms with Crippen LogP contribution in [0.1, 0.15) is 33.6 Å². The van der Waals surface area contributed by atoms with Gasteiger partial charge in [-0.2, -0.15) is 0 Å². The molecule has 0 aliphatic carbocycles. The highest BCUT2D eigenvalue weighted by Gasteiger charge is 2.23. The number of benzene rings is 1. The number of hydrogen-bond donors (Lipinski definition) is 3. The summed E-state index contributed by atoms with van der Waals surface area (Å²) < 4.78 is 0. The van der Waals surface area contributed by atoms with Crippen molar-refractivity contribution in [2.45, 2.75) is 39.2 Å². The predicted molar refractivity (Wildman–Crippen MR) is 82.8 cm³/mol. The Morgan fingerprint density at radius 1 is 1.19 bits per heavy atom. The molecule has 0 fully saturated rings. The second-order valence-corrected chi connectivity index (χ2v) is 5.93. The van der Waals surface area contributed by atoms with Gasteiger partial charge in [-0.1, -0.05) is 32.0 Å². The van der Waals surface area contributed by atoms with Crippen LogP contribution in [-0.4, -0.2) is 29.1 Å². The summed E-state index contributed by atoms with van der Waals surface area (Å²) in [7, 11) is 0. The van der Waals surface area contributed by atoms with E-state index in [2.05, 4.69) is 24.5 Å². The second-order valence-electron chi connectivity index (χ2n) is 5.93. The van der Waals surface area contributed by atoms with Crippen LogP contribution >= 0.6 is 0 Å². The summed E-state index contributed by atoms with van der Waals surface area (Å²) in [5.74, 6) is -1.00. The molecule has 0 saturated heterocycles. The van der Waals surface area contributed by atoms with Gasteiger partial charge in [0, 0.05) is 12.2 Å². The molecule has 0 heterocycles. The van der Waals surface area contributed by atoms with Crippen molar-refractivity contribution in [3.63, 3.8) is 0 Å². The van der Waals surface area contributed by atoms with Gasteiger partial charge in [-0.3, -0.25) is 9.59 Å². The van der Waals surface area contributed by atoms with Crippen molar-refractivity contribution in [3.8, 4) is 0 Å². The summed E-state index contributed by atoms with van der Waals surface area (Å²) in [6.07, 6.45) is 1.43. The number of carbonyl (C=O) groups is 2. The standard InChI is InChI=1S/C16H24N2O3/c1-12(2)9-10-16(3,21)11-17-14(19)15(20)18-13-7-5-4-6-8-13/h4-8,12,21H,9-11H2,1-3H3,(H,17,19)(H,18,20)/t16-/m1/s1. The number of nitrogens with one attached hydrogen (secondary N) is 2. The van der Waals surface area contributed by atoms with E-state index in [1.807, 2.05) is 6.07 Å².